The van der Waals surface area contributed by atoms with E-state index in [2.05, 4.69) is 16.0 Å². The first kappa shape index (κ1) is 25.0. The van der Waals surface area contributed by atoms with Crippen LogP contribution in [0.4, 0.5) is 0 Å². The summed E-state index contributed by atoms with van der Waals surface area (Å²) in [5.41, 5.74) is 0.0566. The van der Waals surface area contributed by atoms with Crippen LogP contribution in [0, 0.1) is 17.8 Å². The molecule has 0 aromatic rings. The standard InChI is InChI=1S/C23H35N5O5S/c1-11-17-16(12(2)26-20(29)13-6-5-7-24-9-13)22(31)28(17)18(23(32)33)19(11)34-14-8-15(25-10-14)21(30)27(3)4/h11-17,24-25H,5-10H2,1-4H3,(H,26,29)(H,32,33)/t11-,12-,13-,14+,15?,16-,17-/m1/s1. The molecule has 3 amide bonds. The first-order chi connectivity index (χ1) is 16.1. The van der Waals surface area contributed by atoms with Gasteiger partial charge in [-0.1, -0.05) is 6.92 Å². The number of carboxylic acids is 1. The van der Waals surface area contributed by atoms with E-state index in [1.807, 2.05) is 13.8 Å². The number of carboxylic acid groups (broad SMARTS) is 1. The maximum Gasteiger partial charge on any atom is 0.353 e. The molecule has 0 aromatic carbocycles. The van der Waals surface area contributed by atoms with Crippen molar-refractivity contribution in [2.45, 2.75) is 56.5 Å². The average Bonchev–Trinajstić information content (AvgIpc) is 3.35. The van der Waals surface area contributed by atoms with Crippen LogP contribution in [0.5, 0.6) is 0 Å². The SMILES string of the molecule is C[C@@H](NC(=O)[C@@H]1CCCNC1)[C@H]1C(=O)N2C(C(=O)O)=C(S[C@@H]3CNC(C(=O)N(C)C)C3)[C@H](C)[C@H]12. The van der Waals surface area contributed by atoms with Gasteiger partial charge in [0.2, 0.25) is 17.7 Å². The van der Waals surface area contributed by atoms with Gasteiger partial charge in [0.15, 0.2) is 0 Å². The van der Waals surface area contributed by atoms with Crippen LogP contribution in [0.3, 0.4) is 0 Å². The van der Waals surface area contributed by atoms with Gasteiger partial charge in [0, 0.05) is 49.3 Å². The molecule has 34 heavy (non-hydrogen) atoms. The van der Waals surface area contributed by atoms with Crippen LogP contribution in [0.1, 0.15) is 33.1 Å². The third-order valence-corrected chi connectivity index (χ3v) is 9.00. The van der Waals surface area contributed by atoms with Crippen LogP contribution in [0.15, 0.2) is 10.6 Å². The summed E-state index contributed by atoms with van der Waals surface area (Å²) in [4.78, 5) is 53.9. The van der Waals surface area contributed by atoms with Crippen LogP contribution in [-0.4, -0.2) is 95.7 Å². The van der Waals surface area contributed by atoms with Gasteiger partial charge in [0.25, 0.3) is 0 Å². The Balaban J connectivity index is 1.44. The highest BCUT2D eigenvalue weighted by Crippen LogP contribution is 2.51. The number of hydrogen-bond acceptors (Lipinski definition) is 7. The van der Waals surface area contributed by atoms with Crippen LogP contribution in [-0.2, 0) is 19.2 Å². The topological polar surface area (TPSA) is 131 Å². The summed E-state index contributed by atoms with van der Waals surface area (Å²) in [5, 5.41) is 19.5. The zero-order valence-electron chi connectivity index (χ0n) is 20.2. The molecular weight excluding hydrogens is 458 g/mol. The molecule has 3 fully saturated rings. The summed E-state index contributed by atoms with van der Waals surface area (Å²) in [6, 6.07) is -0.941. The molecular formula is C23H35N5O5S. The number of carbonyl (C=O) groups is 4. The van der Waals surface area contributed by atoms with Crippen LogP contribution >= 0.6 is 11.8 Å². The van der Waals surface area contributed by atoms with Gasteiger partial charge in [-0.15, -0.1) is 11.8 Å². The molecule has 3 saturated heterocycles. The summed E-state index contributed by atoms with van der Waals surface area (Å²) in [6.07, 6.45) is 2.38. The summed E-state index contributed by atoms with van der Waals surface area (Å²) < 4.78 is 0. The quantitative estimate of drug-likeness (QED) is 0.359. The van der Waals surface area contributed by atoms with Crippen molar-refractivity contribution < 1.29 is 24.3 Å². The van der Waals surface area contributed by atoms with Gasteiger partial charge < -0.3 is 30.9 Å². The fourth-order valence-corrected chi connectivity index (χ4v) is 7.16. The molecule has 10 nitrogen and oxygen atoms in total. The molecule has 4 heterocycles. The number of nitrogens with zero attached hydrogens (tertiary/aromatic N) is 2. The van der Waals surface area contributed by atoms with Gasteiger partial charge in [-0.2, -0.15) is 0 Å². The summed E-state index contributed by atoms with van der Waals surface area (Å²) in [6.45, 7) is 5.95. The van der Waals surface area contributed by atoms with Gasteiger partial charge in [0.05, 0.1) is 23.9 Å². The van der Waals surface area contributed by atoms with Crippen molar-refractivity contribution in [3.05, 3.63) is 10.6 Å². The Labute approximate surface area is 204 Å². The fourth-order valence-electron chi connectivity index (χ4n) is 5.68. The Hall–Kier alpha value is -2.11. The van der Waals surface area contributed by atoms with Crippen molar-refractivity contribution in [2.75, 3.05) is 33.7 Å². The number of carbonyl (C=O) groups excluding carboxylic acids is 3. The lowest BCUT2D eigenvalue weighted by atomic mass is 9.77. The number of hydrogen-bond donors (Lipinski definition) is 4. The molecule has 4 N–H and O–H groups in total. The van der Waals surface area contributed by atoms with E-state index in [0.29, 0.717) is 24.4 Å². The number of piperidine rings is 1. The molecule has 11 heteroatoms. The van der Waals surface area contributed by atoms with Gasteiger partial charge in [-0.25, -0.2) is 4.79 Å². The van der Waals surface area contributed by atoms with Crippen molar-refractivity contribution in [1.82, 2.24) is 25.8 Å². The van der Waals surface area contributed by atoms with E-state index >= 15 is 0 Å². The number of β-lactam (4-membered cyclic amide) rings is 1. The predicted octanol–water partition coefficient (Wildman–Crippen LogP) is -0.184. The number of likely N-dealkylation sites (N-methyl/N-ethyl adjacent to an activating group) is 1. The summed E-state index contributed by atoms with van der Waals surface area (Å²) in [7, 11) is 3.44. The Morgan fingerprint density at radius 1 is 1.26 bits per heavy atom. The molecule has 0 spiro atoms. The first-order valence-electron chi connectivity index (χ1n) is 12.0. The normalized spacial score (nSPS) is 33.9. The molecule has 0 aromatic heterocycles. The second kappa shape index (κ2) is 9.87. The van der Waals surface area contributed by atoms with Crippen molar-refractivity contribution in [2.24, 2.45) is 17.8 Å². The molecule has 1 unspecified atom stereocenters. The van der Waals surface area contributed by atoms with E-state index in [4.69, 9.17) is 0 Å². The van der Waals surface area contributed by atoms with E-state index < -0.39 is 11.9 Å². The lowest BCUT2D eigenvalue weighted by Crippen LogP contribution is -2.66. The number of fused-ring (bicyclic) bond motifs is 1. The smallest absolute Gasteiger partial charge is 0.353 e. The zero-order valence-corrected chi connectivity index (χ0v) is 21.0. The van der Waals surface area contributed by atoms with Crippen LogP contribution in [0.25, 0.3) is 0 Å². The number of amides is 3. The Kier molecular flexibility index (Phi) is 7.25. The highest BCUT2D eigenvalue weighted by molar-refractivity contribution is 8.03. The van der Waals surface area contributed by atoms with E-state index in [-0.39, 0.29) is 58.6 Å². The molecule has 0 bridgehead atoms. The average molecular weight is 494 g/mol. The monoisotopic (exact) mass is 493 g/mol. The highest BCUT2D eigenvalue weighted by atomic mass is 32.2. The van der Waals surface area contributed by atoms with Crippen molar-refractivity contribution >= 4 is 35.5 Å². The van der Waals surface area contributed by atoms with Crippen molar-refractivity contribution in [3.63, 3.8) is 0 Å². The largest absolute Gasteiger partial charge is 0.477 e. The third kappa shape index (κ3) is 4.45. The lowest BCUT2D eigenvalue weighted by Gasteiger charge is -2.47. The van der Waals surface area contributed by atoms with Gasteiger partial charge in [-0.3, -0.25) is 14.4 Å². The van der Waals surface area contributed by atoms with Gasteiger partial charge in [0.1, 0.15) is 5.70 Å². The third-order valence-electron chi connectivity index (χ3n) is 7.49. The highest BCUT2D eigenvalue weighted by Gasteiger charge is 2.60. The second-order valence-electron chi connectivity index (χ2n) is 10.0. The minimum atomic E-state index is -1.11. The van der Waals surface area contributed by atoms with Crippen molar-refractivity contribution in [3.8, 4) is 0 Å². The summed E-state index contributed by atoms with van der Waals surface area (Å²) in [5.74, 6) is -2.11. The molecule has 7 atom stereocenters. The maximum atomic E-state index is 13.1. The number of rotatable bonds is 7. The molecule has 0 saturated carbocycles. The minimum Gasteiger partial charge on any atom is -0.477 e. The van der Waals surface area contributed by atoms with E-state index in [1.165, 1.54) is 16.7 Å². The minimum absolute atomic E-state index is 0.00630. The van der Waals surface area contributed by atoms with Crippen LogP contribution < -0.4 is 16.0 Å². The van der Waals surface area contributed by atoms with E-state index in [1.54, 1.807) is 19.0 Å². The molecule has 4 aliphatic heterocycles. The maximum absolute atomic E-state index is 13.1. The molecule has 188 valence electrons. The lowest BCUT2D eigenvalue weighted by molar-refractivity contribution is -0.158. The fraction of sp³-hybridized carbons (Fsp3) is 0.739. The van der Waals surface area contributed by atoms with E-state index in [9.17, 15) is 24.3 Å². The summed E-state index contributed by atoms with van der Waals surface area (Å²) >= 11 is 1.47. The number of nitrogens with one attached hydrogen (secondary N) is 3. The van der Waals surface area contributed by atoms with E-state index in [0.717, 1.165) is 19.4 Å². The zero-order chi connectivity index (χ0) is 24.7. The first-order valence-corrected chi connectivity index (χ1v) is 12.9. The molecule has 0 aliphatic carbocycles. The molecule has 0 radical (unpaired) electrons. The molecule has 4 aliphatic rings. The van der Waals surface area contributed by atoms with Crippen LogP contribution in [0.2, 0.25) is 0 Å². The number of thioether (sulfide) groups is 1. The Morgan fingerprint density at radius 2 is 2.00 bits per heavy atom. The van der Waals surface area contributed by atoms with Gasteiger partial charge >= 0.3 is 5.97 Å². The van der Waals surface area contributed by atoms with Gasteiger partial charge in [-0.05, 0) is 32.7 Å². The predicted molar refractivity (Wildman–Crippen MR) is 128 cm³/mol. The molecule has 4 rings (SSSR count). The second-order valence-corrected chi connectivity index (χ2v) is 11.4. The Bertz CT molecular complexity index is 902. The Morgan fingerprint density at radius 3 is 2.62 bits per heavy atom. The number of aliphatic carboxylic acids is 1. The van der Waals surface area contributed by atoms with Crippen molar-refractivity contribution in [1.29, 1.82) is 0 Å².